The van der Waals surface area contributed by atoms with Gasteiger partial charge in [0.1, 0.15) is 34.2 Å². The molecule has 0 unspecified atom stereocenters. The van der Waals surface area contributed by atoms with E-state index < -0.39 is 5.60 Å². The van der Waals surface area contributed by atoms with Gasteiger partial charge in [0.2, 0.25) is 0 Å². The summed E-state index contributed by atoms with van der Waals surface area (Å²) in [5, 5.41) is 19.6. The molecule has 3 aromatic heterocycles. The zero-order chi connectivity index (χ0) is 16.2. The predicted octanol–water partition coefficient (Wildman–Crippen LogP) is 1.49. The lowest BCUT2D eigenvalue weighted by molar-refractivity contribution is 0.0737. The summed E-state index contributed by atoms with van der Waals surface area (Å²) in [6.07, 6.45) is 3.32. The van der Waals surface area contributed by atoms with E-state index in [0.29, 0.717) is 10.8 Å². The minimum atomic E-state index is -0.984. The van der Waals surface area contributed by atoms with E-state index in [-0.39, 0.29) is 6.04 Å². The zero-order valence-corrected chi connectivity index (χ0v) is 13.5. The molecule has 0 aliphatic carbocycles. The Morgan fingerprint density at radius 1 is 1.35 bits per heavy atom. The molecule has 0 spiro atoms. The third-order valence-electron chi connectivity index (χ3n) is 4.04. The van der Waals surface area contributed by atoms with Crippen molar-refractivity contribution in [3.05, 3.63) is 29.4 Å². The van der Waals surface area contributed by atoms with Gasteiger partial charge in [-0.05, 0) is 19.9 Å². The number of halogens is 1. The van der Waals surface area contributed by atoms with Gasteiger partial charge in [0.25, 0.3) is 0 Å². The minimum Gasteiger partial charge on any atom is -0.384 e. The fraction of sp³-hybridized carbons (Fsp3) is 0.429. The van der Waals surface area contributed by atoms with Crippen molar-refractivity contribution in [3.8, 4) is 0 Å². The molecular formula is C14H16ClN7O. The quantitative estimate of drug-likeness (QED) is 0.754. The first kappa shape index (κ1) is 14.4. The predicted molar refractivity (Wildman–Crippen MR) is 85.4 cm³/mol. The molecule has 1 fully saturated rings. The van der Waals surface area contributed by atoms with Crippen LogP contribution in [-0.2, 0) is 5.60 Å². The van der Waals surface area contributed by atoms with Crippen LogP contribution in [0.25, 0.3) is 11.0 Å². The molecule has 1 saturated heterocycles. The van der Waals surface area contributed by atoms with Crippen LogP contribution in [-0.4, -0.2) is 48.1 Å². The molecule has 0 amide bonds. The second-order valence-corrected chi connectivity index (χ2v) is 6.69. The van der Waals surface area contributed by atoms with Crippen molar-refractivity contribution in [2.45, 2.75) is 25.5 Å². The van der Waals surface area contributed by atoms with E-state index in [4.69, 9.17) is 11.6 Å². The highest BCUT2D eigenvalue weighted by atomic mass is 35.5. The number of hydrogen-bond acceptors (Lipinski definition) is 6. The summed E-state index contributed by atoms with van der Waals surface area (Å²) >= 11 is 6.00. The van der Waals surface area contributed by atoms with Crippen molar-refractivity contribution in [2.24, 2.45) is 0 Å². The molecule has 3 aromatic rings. The molecule has 4 heterocycles. The third-order valence-corrected chi connectivity index (χ3v) is 4.25. The Kier molecular flexibility index (Phi) is 3.07. The highest BCUT2D eigenvalue weighted by molar-refractivity contribution is 6.30. The number of anilines is 1. The Labute approximate surface area is 137 Å². The van der Waals surface area contributed by atoms with Gasteiger partial charge in [-0.1, -0.05) is 16.8 Å². The Morgan fingerprint density at radius 2 is 2.13 bits per heavy atom. The fourth-order valence-corrected chi connectivity index (χ4v) is 2.88. The molecule has 23 heavy (non-hydrogen) atoms. The number of rotatable bonds is 3. The Balaban J connectivity index is 1.54. The van der Waals surface area contributed by atoms with Crippen LogP contribution in [0.4, 0.5) is 5.82 Å². The summed E-state index contributed by atoms with van der Waals surface area (Å²) < 4.78 is 1.80. The molecule has 0 atom stereocenters. The lowest BCUT2D eigenvalue weighted by atomic mass is 10.1. The van der Waals surface area contributed by atoms with Gasteiger partial charge in [-0.2, -0.15) is 0 Å². The van der Waals surface area contributed by atoms with Crippen LogP contribution < -0.4 is 4.90 Å². The Hall–Kier alpha value is -2.19. The van der Waals surface area contributed by atoms with Gasteiger partial charge in [0, 0.05) is 13.1 Å². The molecule has 1 aliphatic heterocycles. The van der Waals surface area contributed by atoms with Crippen LogP contribution in [0.1, 0.15) is 25.6 Å². The van der Waals surface area contributed by atoms with E-state index in [1.807, 2.05) is 6.07 Å². The average molecular weight is 334 g/mol. The van der Waals surface area contributed by atoms with Gasteiger partial charge in [-0.25, -0.2) is 14.6 Å². The molecule has 120 valence electrons. The van der Waals surface area contributed by atoms with Gasteiger partial charge in [-0.15, -0.1) is 5.10 Å². The van der Waals surface area contributed by atoms with E-state index in [1.54, 1.807) is 24.7 Å². The monoisotopic (exact) mass is 333 g/mol. The maximum absolute atomic E-state index is 9.97. The van der Waals surface area contributed by atoms with E-state index in [1.165, 1.54) is 6.33 Å². The van der Waals surface area contributed by atoms with Crippen LogP contribution in [0.3, 0.4) is 0 Å². The smallest absolute Gasteiger partial charge is 0.144 e. The SMILES string of the molecule is CC(C)(O)c1cn(C2CN(c3ncnc4[nH]c(Cl)cc34)C2)nn1. The fourth-order valence-electron chi connectivity index (χ4n) is 2.68. The van der Waals surface area contributed by atoms with Crippen molar-refractivity contribution in [1.82, 2.24) is 29.9 Å². The second kappa shape index (κ2) is 4.90. The highest BCUT2D eigenvalue weighted by Crippen LogP contribution is 2.32. The first-order valence-electron chi connectivity index (χ1n) is 7.30. The van der Waals surface area contributed by atoms with Gasteiger partial charge < -0.3 is 15.0 Å². The molecule has 1 aliphatic rings. The summed E-state index contributed by atoms with van der Waals surface area (Å²) in [4.78, 5) is 13.7. The van der Waals surface area contributed by atoms with Crippen LogP contribution in [0.5, 0.6) is 0 Å². The van der Waals surface area contributed by atoms with Crippen molar-refractivity contribution in [3.63, 3.8) is 0 Å². The van der Waals surface area contributed by atoms with E-state index in [0.717, 1.165) is 29.9 Å². The molecule has 0 radical (unpaired) electrons. The number of fused-ring (bicyclic) bond motifs is 1. The molecule has 9 heteroatoms. The topological polar surface area (TPSA) is 95.8 Å². The molecular weight excluding hydrogens is 318 g/mol. The van der Waals surface area contributed by atoms with Gasteiger partial charge in [0.15, 0.2) is 0 Å². The summed E-state index contributed by atoms with van der Waals surface area (Å²) in [7, 11) is 0. The number of aliphatic hydroxyl groups is 1. The van der Waals surface area contributed by atoms with Crippen LogP contribution >= 0.6 is 11.6 Å². The van der Waals surface area contributed by atoms with E-state index in [2.05, 4.69) is 30.2 Å². The summed E-state index contributed by atoms with van der Waals surface area (Å²) in [6.45, 7) is 4.93. The number of nitrogens with zero attached hydrogens (tertiary/aromatic N) is 6. The summed E-state index contributed by atoms with van der Waals surface area (Å²) in [6, 6.07) is 2.04. The number of aromatic amines is 1. The van der Waals surface area contributed by atoms with Crippen molar-refractivity contribution in [2.75, 3.05) is 18.0 Å². The van der Waals surface area contributed by atoms with E-state index in [9.17, 15) is 5.11 Å². The number of nitrogens with one attached hydrogen (secondary N) is 1. The first-order chi connectivity index (χ1) is 10.9. The summed E-state index contributed by atoms with van der Waals surface area (Å²) in [5.74, 6) is 0.859. The minimum absolute atomic E-state index is 0.207. The maximum atomic E-state index is 9.97. The van der Waals surface area contributed by atoms with Crippen molar-refractivity contribution in [1.29, 1.82) is 0 Å². The summed E-state index contributed by atoms with van der Waals surface area (Å²) in [5.41, 5.74) is 0.314. The Bertz CT molecular complexity index is 860. The highest BCUT2D eigenvalue weighted by Gasteiger charge is 2.32. The van der Waals surface area contributed by atoms with Gasteiger partial charge >= 0.3 is 0 Å². The van der Waals surface area contributed by atoms with Gasteiger partial charge in [0.05, 0.1) is 17.6 Å². The molecule has 0 aromatic carbocycles. The zero-order valence-electron chi connectivity index (χ0n) is 12.7. The molecule has 4 rings (SSSR count). The van der Waals surface area contributed by atoms with Crippen LogP contribution in [0.15, 0.2) is 18.6 Å². The van der Waals surface area contributed by atoms with Crippen molar-refractivity contribution < 1.29 is 5.11 Å². The molecule has 0 bridgehead atoms. The van der Waals surface area contributed by atoms with Gasteiger partial charge in [-0.3, -0.25) is 0 Å². The average Bonchev–Trinajstić information content (AvgIpc) is 3.02. The van der Waals surface area contributed by atoms with E-state index >= 15 is 0 Å². The largest absolute Gasteiger partial charge is 0.384 e. The Morgan fingerprint density at radius 3 is 2.83 bits per heavy atom. The van der Waals surface area contributed by atoms with Crippen LogP contribution in [0, 0.1) is 0 Å². The molecule has 0 saturated carbocycles. The standard InChI is InChI=1S/C14H16ClN7O/c1-14(2,23)10-6-22(20-19-10)8-4-21(5-8)13-9-3-11(15)18-12(9)16-7-17-13/h3,6-8,23H,4-5H2,1-2H3,(H,16,17,18). The first-order valence-corrected chi connectivity index (χ1v) is 7.68. The normalized spacial score (nSPS) is 16.1. The number of aromatic nitrogens is 6. The third kappa shape index (κ3) is 2.43. The second-order valence-electron chi connectivity index (χ2n) is 6.28. The lowest BCUT2D eigenvalue weighted by Gasteiger charge is -2.39. The van der Waals surface area contributed by atoms with Crippen LogP contribution in [0.2, 0.25) is 5.15 Å². The van der Waals surface area contributed by atoms with Crippen molar-refractivity contribution >= 4 is 28.5 Å². The maximum Gasteiger partial charge on any atom is 0.144 e. The lowest BCUT2D eigenvalue weighted by Crippen LogP contribution is -2.48. The number of H-pyrrole nitrogens is 1. The number of hydrogen-bond donors (Lipinski definition) is 2. The molecule has 8 nitrogen and oxygen atoms in total. The molecule has 2 N–H and O–H groups in total.